The van der Waals surface area contributed by atoms with Crippen molar-refractivity contribution in [2.75, 3.05) is 47.3 Å². The highest BCUT2D eigenvalue weighted by Crippen LogP contribution is 2.29. The summed E-state index contributed by atoms with van der Waals surface area (Å²) in [6.07, 6.45) is 5.43. The Kier molecular flexibility index (Phi) is 11.7. The van der Waals surface area contributed by atoms with Crippen LogP contribution in [0, 0.1) is 0 Å². The number of quaternary nitrogens is 1. The number of benzene rings is 1. The van der Waals surface area contributed by atoms with Crippen molar-refractivity contribution in [3.8, 4) is 0 Å². The molecule has 0 radical (unpaired) electrons. The minimum Gasteiger partial charge on any atom is -0.497 e. The van der Waals surface area contributed by atoms with E-state index in [0.29, 0.717) is 23.7 Å². The van der Waals surface area contributed by atoms with Crippen molar-refractivity contribution >= 4 is 17.1 Å². The van der Waals surface area contributed by atoms with Crippen LogP contribution in [0.25, 0.3) is 0 Å². The minimum absolute atomic E-state index is 0.113. The molecule has 1 amide bonds. The Bertz CT molecular complexity index is 1070. The molecule has 12 heteroatoms. The van der Waals surface area contributed by atoms with Crippen LogP contribution in [0.5, 0.6) is 0 Å². The molecule has 3 aliphatic rings. The summed E-state index contributed by atoms with van der Waals surface area (Å²) < 4.78 is 47.5. The van der Waals surface area contributed by atoms with E-state index in [1.54, 1.807) is 14.2 Å². The van der Waals surface area contributed by atoms with Gasteiger partial charge in [0.25, 0.3) is 0 Å². The molecule has 2 fully saturated rings. The molecule has 228 valence electrons. The lowest BCUT2D eigenvalue weighted by Gasteiger charge is -2.33. The first-order chi connectivity index (χ1) is 19.8. The van der Waals surface area contributed by atoms with Crippen molar-refractivity contribution < 1.29 is 46.8 Å². The molecular weight excluding hydrogens is 552 g/mol. The lowest BCUT2D eigenvalue weighted by atomic mass is 10.00. The van der Waals surface area contributed by atoms with Crippen LogP contribution in [0.15, 0.2) is 54.3 Å². The standard InChI is InChI=1S/C29H42N2O9S/c1-29(14-13-27(36-3)40-29)19-31(41(34)24-11-9-22(35-2)10-12-24)16-26(32)25(15-21-7-5-4-6-8-21)30-28(33)39-23-17-37-20-38-18-23/h4-11,23-27,32H,12-20H2,1-3H3,(H,30,33)/p+1/t24?,25-,26+,27?,29?,41?/m0/s1. The maximum absolute atomic E-state index is 14.0. The number of rotatable bonds is 13. The summed E-state index contributed by atoms with van der Waals surface area (Å²) in [6, 6.07) is 8.88. The molecular formula is C29H43N2O9S+. The molecule has 3 N–H and O–H groups in total. The zero-order valence-corrected chi connectivity index (χ0v) is 24.8. The third-order valence-corrected chi connectivity index (χ3v) is 9.31. The van der Waals surface area contributed by atoms with Crippen molar-refractivity contribution in [1.29, 1.82) is 0 Å². The number of hydrogen-bond donors (Lipinski definition) is 3. The van der Waals surface area contributed by atoms with E-state index in [1.165, 1.54) is 0 Å². The maximum atomic E-state index is 14.0. The number of hydrogen-bond acceptors (Lipinski definition) is 9. The molecule has 1 aromatic rings. The van der Waals surface area contributed by atoms with Gasteiger partial charge in [-0.2, -0.15) is 4.21 Å². The molecule has 7 atom stereocenters. The highest BCUT2D eigenvalue weighted by atomic mass is 32.2. The summed E-state index contributed by atoms with van der Waals surface area (Å²) in [5.74, 6) is 0.730. The van der Waals surface area contributed by atoms with Crippen LogP contribution in [0.1, 0.15) is 31.7 Å². The molecule has 2 aliphatic heterocycles. The number of nitrogens with one attached hydrogen (secondary N) is 2. The monoisotopic (exact) mass is 595 g/mol. The maximum Gasteiger partial charge on any atom is 0.407 e. The van der Waals surface area contributed by atoms with Gasteiger partial charge in [-0.25, -0.2) is 9.10 Å². The lowest BCUT2D eigenvalue weighted by molar-refractivity contribution is -0.777. The number of carbonyl (C=O) groups excluding carboxylic acids is 1. The molecule has 0 aromatic heterocycles. The van der Waals surface area contributed by atoms with Gasteiger partial charge in [0.15, 0.2) is 12.4 Å². The zero-order valence-electron chi connectivity index (χ0n) is 24.0. The predicted octanol–water partition coefficient (Wildman–Crippen LogP) is 1.01. The largest absolute Gasteiger partial charge is 0.497 e. The molecule has 0 spiro atoms. The van der Waals surface area contributed by atoms with Gasteiger partial charge in [0, 0.05) is 13.5 Å². The average molecular weight is 596 g/mol. The Hall–Kier alpha value is -2.32. The molecule has 0 bridgehead atoms. The van der Waals surface area contributed by atoms with Gasteiger partial charge >= 0.3 is 6.09 Å². The van der Waals surface area contributed by atoms with Crippen molar-refractivity contribution in [1.82, 2.24) is 5.32 Å². The van der Waals surface area contributed by atoms with Crippen LogP contribution in [-0.4, -0.2) is 98.1 Å². The fourth-order valence-electron chi connectivity index (χ4n) is 5.30. The number of aliphatic hydroxyl groups excluding tert-OH is 1. The van der Waals surface area contributed by atoms with Gasteiger partial charge in [0.05, 0.1) is 26.4 Å². The summed E-state index contributed by atoms with van der Waals surface area (Å²) >= 11 is 0. The van der Waals surface area contributed by atoms with Crippen LogP contribution >= 0.6 is 0 Å². The van der Waals surface area contributed by atoms with Crippen molar-refractivity contribution in [3.63, 3.8) is 0 Å². The van der Waals surface area contributed by atoms with Gasteiger partial charge in [-0.3, -0.25) is 0 Å². The molecule has 1 aromatic carbocycles. The van der Waals surface area contributed by atoms with E-state index >= 15 is 0 Å². The SMILES string of the molecule is COC1=CCC(S(=O)[NH+](C[C@@H](O)[C@H](Cc2ccccc2)NC(=O)OC2COCOC2)CC2(C)CCC(OC)O2)C=C1. The number of methoxy groups -OCH3 is 2. The molecule has 2 saturated heterocycles. The first-order valence-corrected chi connectivity index (χ1v) is 15.2. The number of aliphatic hydroxyl groups is 1. The van der Waals surface area contributed by atoms with Crippen molar-refractivity contribution in [2.45, 2.75) is 68.0 Å². The summed E-state index contributed by atoms with van der Waals surface area (Å²) in [6.45, 7) is 3.14. The Labute approximate surface area is 244 Å². The van der Waals surface area contributed by atoms with Crippen LogP contribution in [0.2, 0.25) is 0 Å². The predicted molar refractivity (Wildman–Crippen MR) is 151 cm³/mol. The Morgan fingerprint density at radius 3 is 2.63 bits per heavy atom. The van der Waals surface area contributed by atoms with E-state index in [9.17, 15) is 14.1 Å². The van der Waals surface area contributed by atoms with Crippen LogP contribution in [0.3, 0.4) is 0 Å². The number of amides is 1. The molecule has 11 nitrogen and oxygen atoms in total. The Balaban J connectivity index is 1.50. The summed E-state index contributed by atoms with van der Waals surface area (Å²) in [5.41, 5.74) is 0.352. The van der Waals surface area contributed by atoms with E-state index in [-0.39, 0.29) is 38.1 Å². The topological polar surface area (TPSA) is 126 Å². The molecule has 1 aliphatic carbocycles. The Morgan fingerprint density at radius 2 is 2.00 bits per heavy atom. The number of ether oxygens (including phenoxy) is 6. The smallest absolute Gasteiger partial charge is 0.407 e. The summed E-state index contributed by atoms with van der Waals surface area (Å²) in [7, 11) is 1.79. The second kappa shape index (κ2) is 15.2. The average Bonchev–Trinajstić information content (AvgIpc) is 3.37. The third-order valence-electron chi connectivity index (χ3n) is 7.53. The van der Waals surface area contributed by atoms with Crippen LogP contribution in [0.4, 0.5) is 4.79 Å². The highest BCUT2D eigenvalue weighted by Gasteiger charge is 2.43. The van der Waals surface area contributed by atoms with Crippen LogP contribution < -0.4 is 9.62 Å². The lowest BCUT2D eigenvalue weighted by Crippen LogP contribution is -3.15. The first kappa shape index (κ1) is 31.6. The zero-order chi connectivity index (χ0) is 29.2. The van der Waals surface area contributed by atoms with E-state index < -0.39 is 40.9 Å². The van der Waals surface area contributed by atoms with Gasteiger partial charge < -0.3 is 38.8 Å². The minimum atomic E-state index is -1.43. The van der Waals surface area contributed by atoms with E-state index in [1.807, 2.05) is 55.5 Å². The molecule has 4 rings (SSSR count). The fraction of sp³-hybridized carbons (Fsp3) is 0.621. The molecule has 0 saturated carbocycles. The van der Waals surface area contributed by atoms with Crippen molar-refractivity contribution in [3.05, 3.63) is 59.9 Å². The fourth-order valence-corrected chi connectivity index (χ4v) is 7.00. The quantitative estimate of drug-likeness (QED) is 0.306. The number of alkyl carbamates (subject to hydrolysis) is 1. The third kappa shape index (κ3) is 9.34. The van der Waals surface area contributed by atoms with E-state index in [0.717, 1.165) is 24.2 Å². The number of carbonyl (C=O) groups is 1. The summed E-state index contributed by atoms with van der Waals surface area (Å²) in [4.78, 5) is 12.9. The van der Waals surface area contributed by atoms with Crippen molar-refractivity contribution in [2.24, 2.45) is 0 Å². The van der Waals surface area contributed by atoms with E-state index in [2.05, 4.69) is 5.32 Å². The summed E-state index contributed by atoms with van der Waals surface area (Å²) in [5, 5.41) is 14.2. The van der Waals surface area contributed by atoms with Gasteiger partial charge in [0.2, 0.25) is 11.0 Å². The molecule has 41 heavy (non-hydrogen) atoms. The second-order valence-electron chi connectivity index (χ2n) is 10.8. The van der Waals surface area contributed by atoms with Gasteiger partial charge in [-0.05, 0) is 43.9 Å². The number of allylic oxidation sites excluding steroid dienone is 2. The Morgan fingerprint density at radius 1 is 1.24 bits per heavy atom. The van der Waals surface area contributed by atoms with Gasteiger partial charge in [-0.15, -0.1) is 0 Å². The normalized spacial score (nSPS) is 27.9. The van der Waals surface area contributed by atoms with E-state index in [4.69, 9.17) is 28.4 Å². The highest BCUT2D eigenvalue weighted by molar-refractivity contribution is 7.79. The first-order valence-electron chi connectivity index (χ1n) is 14.0. The molecule has 5 unspecified atom stereocenters. The van der Waals surface area contributed by atoms with Crippen LogP contribution in [-0.2, 0) is 45.8 Å². The second-order valence-corrected chi connectivity index (χ2v) is 12.6. The molecule has 2 heterocycles. The van der Waals surface area contributed by atoms with Gasteiger partial charge in [0.1, 0.15) is 42.6 Å². The van der Waals surface area contributed by atoms with Gasteiger partial charge in [-0.1, -0.05) is 36.4 Å².